The summed E-state index contributed by atoms with van der Waals surface area (Å²) in [6, 6.07) is 2.31. The highest BCUT2D eigenvalue weighted by molar-refractivity contribution is 7.98. The van der Waals surface area contributed by atoms with Crippen LogP contribution in [-0.4, -0.2) is 47.8 Å². The first-order valence-corrected chi connectivity index (χ1v) is 11.1. The molecule has 3 amide bonds. The molecule has 1 atom stereocenters. The topological polar surface area (TPSA) is 78.4 Å². The van der Waals surface area contributed by atoms with E-state index in [2.05, 4.69) is 15.3 Å². The number of carbonyl (C=O) groups excluding carboxylic acids is 2. The van der Waals surface area contributed by atoms with Gasteiger partial charge in [0.15, 0.2) is 5.82 Å². The van der Waals surface area contributed by atoms with Crippen molar-refractivity contribution in [3.63, 3.8) is 0 Å². The van der Waals surface area contributed by atoms with Crippen LogP contribution in [0, 0.1) is 11.6 Å². The van der Waals surface area contributed by atoms with Gasteiger partial charge in [0.05, 0.1) is 11.2 Å². The Kier molecular flexibility index (Phi) is 5.51. The van der Waals surface area contributed by atoms with E-state index in [1.165, 1.54) is 35.0 Å². The van der Waals surface area contributed by atoms with Gasteiger partial charge in [0.2, 0.25) is 0 Å². The molecular weight excluding hydrogens is 456 g/mol. The fraction of sp³-hybridized carbons (Fsp3) is 0.222. The number of benzene rings is 1. The van der Waals surface area contributed by atoms with Gasteiger partial charge >= 0.3 is 6.03 Å². The van der Waals surface area contributed by atoms with E-state index in [-0.39, 0.29) is 18.1 Å². The molecule has 1 aromatic carbocycles. The summed E-state index contributed by atoms with van der Waals surface area (Å²) in [4.78, 5) is 38.1. The molecule has 0 radical (unpaired) electrons. The Balaban J connectivity index is 1.71. The van der Waals surface area contributed by atoms with Gasteiger partial charge in [-0.2, -0.15) is 0 Å². The minimum atomic E-state index is -1.05. The minimum Gasteiger partial charge on any atom is -0.335 e. The van der Waals surface area contributed by atoms with Crippen molar-refractivity contribution >= 4 is 68.5 Å². The van der Waals surface area contributed by atoms with E-state index in [9.17, 15) is 18.4 Å². The Morgan fingerprint density at radius 2 is 2.20 bits per heavy atom. The number of thioether (sulfide) groups is 1. The quantitative estimate of drug-likeness (QED) is 0.463. The molecule has 0 spiro atoms. The molecule has 2 aromatic heterocycles. The molecule has 3 heterocycles. The lowest BCUT2D eigenvalue weighted by atomic mass is 10.2. The molecule has 0 bridgehead atoms. The van der Waals surface area contributed by atoms with Crippen LogP contribution < -0.4 is 15.1 Å². The van der Waals surface area contributed by atoms with Crippen LogP contribution in [0.2, 0.25) is 5.02 Å². The average molecular weight is 470 g/mol. The van der Waals surface area contributed by atoms with Crippen molar-refractivity contribution in [1.29, 1.82) is 0 Å². The summed E-state index contributed by atoms with van der Waals surface area (Å²) in [6.07, 6.45) is 1.87. The zero-order valence-corrected chi connectivity index (χ0v) is 18.0. The highest BCUT2D eigenvalue weighted by Gasteiger charge is 2.40. The number of fused-ring (bicyclic) bond motifs is 1. The van der Waals surface area contributed by atoms with Crippen LogP contribution in [-0.2, 0) is 4.79 Å². The van der Waals surface area contributed by atoms with Crippen molar-refractivity contribution in [3.8, 4) is 0 Å². The van der Waals surface area contributed by atoms with Crippen LogP contribution in [0.15, 0.2) is 28.6 Å². The van der Waals surface area contributed by atoms with Crippen LogP contribution in [0.25, 0.3) is 10.3 Å². The van der Waals surface area contributed by atoms with E-state index in [1.54, 1.807) is 11.6 Å². The Morgan fingerprint density at radius 3 is 2.93 bits per heavy atom. The molecule has 1 N–H and O–H groups in total. The number of hydrogen-bond donors (Lipinski definition) is 1. The molecule has 1 aliphatic rings. The largest absolute Gasteiger partial charge is 0.335 e. The Morgan fingerprint density at radius 1 is 1.43 bits per heavy atom. The molecule has 1 aliphatic heterocycles. The lowest BCUT2D eigenvalue weighted by Crippen LogP contribution is -2.47. The van der Waals surface area contributed by atoms with Crippen molar-refractivity contribution < 1.29 is 18.4 Å². The van der Waals surface area contributed by atoms with Gasteiger partial charge in [-0.15, -0.1) is 23.1 Å². The fourth-order valence-electron chi connectivity index (χ4n) is 3.17. The highest BCUT2D eigenvalue weighted by Crippen LogP contribution is 2.33. The van der Waals surface area contributed by atoms with E-state index >= 15 is 0 Å². The highest BCUT2D eigenvalue weighted by atomic mass is 35.5. The Bertz CT molecular complexity index is 1170. The minimum absolute atomic E-state index is 0.00949. The van der Waals surface area contributed by atoms with Crippen LogP contribution in [0.3, 0.4) is 0 Å². The molecule has 1 unspecified atom stereocenters. The first-order valence-electron chi connectivity index (χ1n) is 8.59. The van der Waals surface area contributed by atoms with Crippen LogP contribution in [0.5, 0.6) is 0 Å². The van der Waals surface area contributed by atoms with Crippen molar-refractivity contribution in [2.24, 2.45) is 0 Å². The maximum Gasteiger partial charge on any atom is 0.323 e. The number of hydrogen-bond acceptors (Lipinski definition) is 6. The average Bonchev–Trinajstić information content (AvgIpc) is 3.36. The van der Waals surface area contributed by atoms with Gasteiger partial charge in [0.25, 0.3) is 5.91 Å². The van der Waals surface area contributed by atoms with Gasteiger partial charge in [-0.05, 0) is 24.5 Å². The molecule has 1 saturated heterocycles. The van der Waals surface area contributed by atoms with E-state index in [4.69, 9.17) is 11.6 Å². The third-order valence-electron chi connectivity index (χ3n) is 4.69. The van der Waals surface area contributed by atoms with Gasteiger partial charge < -0.3 is 10.2 Å². The SMILES string of the molecule is CSc1cc(N2C(=O)NCC2C(=O)N(C)c2ccc(F)c(Cl)c2F)nc2scnc12. The standard InChI is InChI=1S/C18H14ClF2N5O2S2/c1-25(9-4-3-8(20)13(19)14(9)21)17(27)10-6-22-18(28)26(10)12-5-11(29-2)15-16(24-12)30-7-23-15/h3-5,7,10H,6H2,1-2H3,(H,22,28). The first-order chi connectivity index (χ1) is 14.3. The summed E-state index contributed by atoms with van der Waals surface area (Å²) >= 11 is 8.40. The van der Waals surface area contributed by atoms with E-state index in [0.29, 0.717) is 4.83 Å². The summed E-state index contributed by atoms with van der Waals surface area (Å²) in [5, 5.41) is 1.92. The molecular formula is C18H14ClF2N5O2S2. The van der Waals surface area contributed by atoms with Gasteiger partial charge in [0.1, 0.15) is 33.0 Å². The second-order valence-electron chi connectivity index (χ2n) is 6.35. The number of thiazole rings is 1. The number of amides is 3. The predicted molar refractivity (Wildman–Crippen MR) is 114 cm³/mol. The predicted octanol–water partition coefficient (Wildman–Crippen LogP) is 3.91. The molecule has 1 fully saturated rings. The molecule has 30 heavy (non-hydrogen) atoms. The monoisotopic (exact) mass is 469 g/mol. The van der Waals surface area contributed by atoms with Gasteiger partial charge in [-0.3, -0.25) is 9.69 Å². The number of halogens is 3. The van der Waals surface area contributed by atoms with Crippen molar-refractivity contribution in [1.82, 2.24) is 15.3 Å². The van der Waals surface area contributed by atoms with Crippen LogP contribution in [0.1, 0.15) is 0 Å². The normalized spacial score (nSPS) is 16.2. The molecule has 0 aliphatic carbocycles. The smallest absolute Gasteiger partial charge is 0.323 e. The van der Waals surface area contributed by atoms with Crippen LogP contribution in [0.4, 0.5) is 25.1 Å². The molecule has 0 saturated carbocycles. The van der Waals surface area contributed by atoms with E-state index in [0.717, 1.165) is 27.4 Å². The number of nitrogens with one attached hydrogen (secondary N) is 1. The molecule has 12 heteroatoms. The third-order valence-corrected chi connectivity index (χ3v) is 6.51. The number of carbonyl (C=O) groups is 2. The second-order valence-corrected chi connectivity index (χ2v) is 8.41. The summed E-state index contributed by atoms with van der Waals surface area (Å²) < 4.78 is 27.9. The third kappa shape index (κ3) is 3.36. The summed E-state index contributed by atoms with van der Waals surface area (Å²) in [7, 11) is 1.34. The van der Waals surface area contributed by atoms with Gasteiger partial charge in [-0.1, -0.05) is 11.6 Å². The number of nitrogens with zero attached hydrogens (tertiary/aromatic N) is 4. The summed E-state index contributed by atoms with van der Waals surface area (Å²) in [6.45, 7) is 0.00949. The maximum absolute atomic E-state index is 14.4. The molecule has 4 rings (SSSR count). The summed E-state index contributed by atoms with van der Waals surface area (Å²) in [5.41, 5.74) is 2.18. The van der Waals surface area contributed by atoms with Crippen molar-refractivity contribution in [3.05, 3.63) is 40.4 Å². The number of rotatable bonds is 4. The van der Waals surface area contributed by atoms with E-state index in [1.807, 2.05) is 6.26 Å². The number of urea groups is 1. The zero-order chi connectivity index (χ0) is 21.6. The lowest BCUT2D eigenvalue weighted by molar-refractivity contribution is -0.119. The summed E-state index contributed by atoms with van der Waals surface area (Å²) in [5.74, 6) is -2.27. The first kappa shape index (κ1) is 20.8. The Labute approximate surface area is 183 Å². The molecule has 7 nitrogen and oxygen atoms in total. The number of aromatic nitrogens is 2. The molecule has 3 aromatic rings. The van der Waals surface area contributed by atoms with Crippen molar-refractivity contribution in [2.75, 3.05) is 29.6 Å². The fourth-order valence-corrected chi connectivity index (χ4v) is 4.64. The van der Waals surface area contributed by atoms with Gasteiger partial charge in [0, 0.05) is 18.5 Å². The molecule has 156 valence electrons. The van der Waals surface area contributed by atoms with Crippen LogP contribution >= 0.6 is 34.7 Å². The Hall–Kier alpha value is -2.50. The maximum atomic E-state index is 14.4. The lowest BCUT2D eigenvalue weighted by Gasteiger charge is -2.27. The van der Waals surface area contributed by atoms with Gasteiger partial charge in [-0.25, -0.2) is 23.5 Å². The second kappa shape index (κ2) is 7.97. The number of anilines is 2. The number of pyridine rings is 1. The van der Waals surface area contributed by atoms with Crippen molar-refractivity contribution in [2.45, 2.75) is 10.9 Å². The number of likely N-dealkylation sites (N-methyl/N-ethyl adjacent to an activating group) is 1. The zero-order valence-electron chi connectivity index (χ0n) is 15.6. The van der Waals surface area contributed by atoms with E-state index < -0.39 is 34.6 Å².